The van der Waals surface area contributed by atoms with Crippen LogP contribution in [0.25, 0.3) is 0 Å². The van der Waals surface area contributed by atoms with E-state index in [2.05, 4.69) is 0 Å². The topological polar surface area (TPSA) is 89.0 Å². The van der Waals surface area contributed by atoms with Crippen molar-refractivity contribution >= 4 is 5.97 Å². The summed E-state index contributed by atoms with van der Waals surface area (Å²) < 4.78 is 0. The zero-order chi connectivity index (χ0) is 9.94. The molecule has 4 heteroatoms. The highest BCUT2D eigenvalue weighted by molar-refractivity contribution is 5.79. The van der Waals surface area contributed by atoms with Gasteiger partial charge in [0.05, 0.1) is 0 Å². The van der Waals surface area contributed by atoms with E-state index in [4.69, 9.17) is 10.2 Å². The largest absolute Gasteiger partial charge is 0.478 e. The van der Waals surface area contributed by atoms with Crippen molar-refractivity contribution in [1.82, 2.24) is 0 Å². The van der Waals surface area contributed by atoms with Gasteiger partial charge in [-0.25, -0.2) is 4.79 Å². The van der Waals surface area contributed by atoms with Crippen LogP contribution in [0.5, 0.6) is 0 Å². The second-order valence-corrected chi connectivity index (χ2v) is 3.02. The molecule has 0 heterocycles. The van der Waals surface area contributed by atoms with Crippen LogP contribution in [0.1, 0.15) is 38.5 Å². The van der Waals surface area contributed by atoms with Crippen LogP contribution >= 0.6 is 0 Å². The van der Waals surface area contributed by atoms with E-state index < -0.39 is 5.97 Å². The molecule has 0 spiro atoms. The Morgan fingerprint density at radius 2 is 1.64 bits per heavy atom. The second-order valence-electron chi connectivity index (χ2n) is 3.02. The van der Waals surface area contributed by atoms with Crippen LogP contribution in [-0.2, 0) is 4.79 Å². The minimum absolute atomic E-state index is 0. The summed E-state index contributed by atoms with van der Waals surface area (Å²) >= 11 is 0. The van der Waals surface area contributed by atoms with E-state index in [-0.39, 0.29) is 12.1 Å². The van der Waals surface area contributed by atoms with Crippen LogP contribution in [0, 0.1) is 0 Å². The summed E-state index contributed by atoms with van der Waals surface area (Å²) in [6.07, 6.45) is 8.94. The molecule has 0 radical (unpaired) electrons. The van der Waals surface area contributed by atoms with Crippen LogP contribution in [0.2, 0.25) is 0 Å². The predicted octanol–water partition coefficient (Wildman–Crippen LogP) is 1.14. The van der Waals surface area contributed by atoms with E-state index in [1.165, 1.54) is 6.08 Å². The summed E-state index contributed by atoms with van der Waals surface area (Å²) in [5.74, 6) is -0.875. The van der Waals surface area contributed by atoms with Crippen LogP contribution in [0.3, 0.4) is 0 Å². The van der Waals surface area contributed by atoms with Gasteiger partial charge in [0, 0.05) is 12.7 Å². The molecule has 0 aliphatic heterocycles. The molecule has 0 bridgehead atoms. The van der Waals surface area contributed by atoms with E-state index in [9.17, 15) is 4.79 Å². The summed E-state index contributed by atoms with van der Waals surface area (Å²) in [5, 5.41) is 16.8. The summed E-state index contributed by atoms with van der Waals surface area (Å²) in [4.78, 5) is 10.1. The van der Waals surface area contributed by atoms with Crippen LogP contribution < -0.4 is 0 Å². The van der Waals surface area contributed by atoms with Gasteiger partial charge < -0.3 is 15.7 Å². The Morgan fingerprint density at radius 3 is 2.21 bits per heavy atom. The lowest BCUT2D eigenvalue weighted by Crippen LogP contribution is -1.86. The van der Waals surface area contributed by atoms with Gasteiger partial charge in [-0.2, -0.15) is 0 Å². The number of allylic oxidation sites excluding steroid dienone is 1. The lowest BCUT2D eigenvalue weighted by atomic mass is 10.1. The molecule has 0 aliphatic rings. The van der Waals surface area contributed by atoms with E-state index in [1.54, 1.807) is 6.08 Å². The number of aliphatic carboxylic acids is 1. The van der Waals surface area contributed by atoms with Crippen LogP contribution in [0.15, 0.2) is 12.2 Å². The Balaban J connectivity index is 0. The van der Waals surface area contributed by atoms with Crippen LogP contribution in [-0.4, -0.2) is 28.3 Å². The molecule has 14 heavy (non-hydrogen) atoms. The third kappa shape index (κ3) is 13.7. The monoisotopic (exact) mass is 204 g/mol. The highest BCUT2D eigenvalue weighted by Crippen LogP contribution is 2.05. The first-order valence-corrected chi connectivity index (χ1v) is 4.77. The van der Waals surface area contributed by atoms with E-state index in [0.29, 0.717) is 0 Å². The molecule has 0 atom stereocenters. The molecule has 0 rings (SSSR count). The van der Waals surface area contributed by atoms with Crippen molar-refractivity contribution in [3.8, 4) is 0 Å². The number of carboxylic acid groups (broad SMARTS) is 1. The second kappa shape index (κ2) is 12.1. The highest BCUT2D eigenvalue weighted by atomic mass is 16.4. The van der Waals surface area contributed by atoms with Gasteiger partial charge in [-0.3, -0.25) is 0 Å². The fraction of sp³-hybridized carbons (Fsp3) is 0.700. The lowest BCUT2D eigenvalue weighted by Gasteiger charge is -1.96. The average Bonchev–Trinajstić information content (AvgIpc) is 2.09. The van der Waals surface area contributed by atoms with E-state index in [0.717, 1.165) is 38.5 Å². The van der Waals surface area contributed by atoms with Crippen molar-refractivity contribution in [2.24, 2.45) is 0 Å². The van der Waals surface area contributed by atoms with Gasteiger partial charge in [-0.05, 0) is 19.3 Å². The van der Waals surface area contributed by atoms with Crippen molar-refractivity contribution in [2.75, 3.05) is 6.61 Å². The zero-order valence-electron chi connectivity index (χ0n) is 8.41. The molecule has 0 saturated heterocycles. The van der Waals surface area contributed by atoms with Gasteiger partial charge in [0.1, 0.15) is 0 Å². The number of carboxylic acids is 1. The van der Waals surface area contributed by atoms with Gasteiger partial charge in [-0.1, -0.05) is 25.3 Å². The van der Waals surface area contributed by atoms with Gasteiger partial charge in [-0.15, -0.1) is 0 Å². The Morgan fingerprint density at radius 1 is 1.07 bits per heavy atom. The molecule has 4 N–H and O–H groups in total. The summed E-state index contributed by atoms with van der Waals surface area (Å²) in [5.41, 5.74) is 0. The zero-order valence-corrected chi connectivity index (χ0v) is 8.41. The molecule has 0 saturated carbocycles. The molecule has 0 fully saturated rings. The Bertz CT molecular complexity index is 154. The minimum atomic E-state index is -0.875. The molecule has 0 aromatic heterocycles. The molecule has 0 unspecified atom stereocenters. The molecule has 84 valence electrons. The Kier molecular flexibility index (Phi) is 13.5. The van der Waals surface area contributed by atoms with Crippen molar-refractivity contribution < 1.29 is 20.5 Å². The molecule has 0 aliphatic carbocycles. The third-order valence-electron chi connectivity index (χ3n) is 1.79. The molecular weight excluding hydrogens is 184 g/mol. The highest BCUT2D eigenvalue weighted by Gasteiger charge is 1.89. The van der Waals surface area contributed by atoms with Crippen molar-refractivity contribution in [3.63, 3.8) is 0 Å². The van der Waals surface area contributed by atoms with E-state index >= 15 is 0 Å². The first-order chi connectivity index (χ1) is 6.27. The molecule has 0 aromatic carbocycles. The fourth-order valence-corrected chi connectivity index (χ4v) is 1.09. The average molecular weight is 204 g/mol. The number of aliphatic hydroxyl groups is 1. The smallest absolute Gasteiger partial charge is 0.327 e. The molecule has 4 nitrogen and oxygen atoms in total. The SMILES string of the molecule is O.O=C(O)C=CCCCCCCCO. The van der Waals surface area contributed by atoms with Crippen molar-refractivity contribution in [2.45, 2.75) is 38.5 Å². The number of carbonyl (C=O) groups is 1. The maximum absolute atomic E-state index is 10.1. The number of hydrogen-bond acceptors (Lipinski definition) is 2. The first-order valence-electron chi connectivity index (χ1n) is 4.77. The Labute approximate surface area is 84.6 Å². The number of unbranched alkanes of at least 4 members (excludes halogenated alkanes) is 5. The number of hydrogen-bond donors (Lipinski definition) is 2. The van der Waals surface area contributed by atoms with Gasteiger partial charge in [0.15, 0.2) is 0 Å². The molecule has 0 aromatic rings. The molecular formula is C10H20O4. The Hall–Kier alpha value is -0.870. The maximum atomic E-state index is 10.1. The first kappa shape index (κ1) is 15.6. The maximum Gasteiger partial charge on any atom is 0.327 e. The van der Waals surface area contributed by atoms with Crippen molar-refractivity contribution in [3.05, 3.63) is 12.2 Å². The van der Waals surface area contributed by atoms with E-state index in [1.807, 2.05) is 0 Å². The molecule has 0 amide bonds. The van der Waals surface area contributed by atoms with Crippen molar-refractivity contribution in [1.29, 1.82) is 0 Å². The number of aliphatic hydroxyl groups excluding tert-OH is 1. The fourth-order valence-electron chi connectivity index (χ4n) is 1.09. The summed E-state index contributed by atoms with van der Waals surface area (Å²) in [6.45, 7) is 0.277. The van der Waals surface area contributed by atoms with Gasteiger partial charge >= 0.3 is 5.97 Å². The lowest BCUT2D eigenvalue weighted by molar-refractivity contribution is -0.131. The summed E-state index contributed by atoms with van der Waals surface area (Å²) in [7, 11) is 0. The minimum Gasteiger partial charge on any atom is -0.478 e. The number of rotatable bonds is 8. The van der Waals surface area contributed by atoms with Crippen LogP contribution in [0.4, 0.5) is 0 Å². The predicted molar refractivity (Wildman–Crippen MR) is 55.2 cm³/mol. The third-order valence-corrected chi connectivity index (χ3v) is 1.79. The van der Waals surface area contributed by atoms with Gasteiger partial charge in [0.2, 0.25) is 0 Å². The summed E-state index contributed by atoms with van der Waals surface area (Å²) in [6, 6.07) is 0. The standard InChI is InChI=1S/C10H18O3.H2O/c11-9-7-5-3-1-2-4-6-8-10(12)13;/h6,8,11H,1-5,7,9H2,(H,12,13);1H2. The quantitative estimate of drug-likeness (QED) is 0.459. The van der Waals surface area contributed by atoms with Gasteiger partial charge in [0.25, 0.3) is 0 Å². The normalized spacial score (nSPS) is 10.1.